The Kier molecular flexibility index (Phi) is 7.69. The van der Waals surface area contributed by atoms with Crippen LogP contribution in [0.25, 0.3) is 0 Å². The van der Waals surface area contributed by atoms with E-state index < -0.39 is 9.84 Å². The topological polar surface area (TPSA) is 111 Å². The summed E-state index contributed by atoms with van der Waals surface area (Å²) in [6.07, 6.45) is 7.77. The molecule has 0 N–H and O–H groups in total. The van der Waals surface area contributed by atoms with Crippen LogP contribution in [0, 0.1) is 5.92 Å². The van der Waals surface area contributed by atoms with Gasteiger partial charge in [-0.2, -0.15) is 4.98 Å². The van der Waals surface area contributed by atoms with Crippen LogP contribution in [-0.4, -0.2) is 47.9 Å². The van der Waals surface area contributed by atoms with Crippen molar-refractivity contribution in [3.8, 4) is 5.75 Å². The first-order chi connectivity index (χ1) is 16.7. The lowest BCUT2D eigenvalue weighted by molar-refractivity contribution is 0.302. The molecule has 0 aliphatic carbocycles. The molecule has 1 saturated heterocycles. The van der Waals surface area contributed by atoms with Gasteiger partial charge < -0.3 is 14.2 Å². The molecule has 4 rings (SSSR count). The number of hydrogen-bond donors (Lipinski definition) is 0. The predicted molar refractivity (Wildman–Crippen MR) is 132 cm³/mol. The summed E-state index contributed by atoms with van der Waals surface area (Å²) in [5.41, 5.74) is 0.875. The van der Waals surface area contributed by atoms with Gasteiger partial charge in [-0.25, -0.2) is 18.4 Å². The van der Waals surface area contributed by atoms with Crippen LogP contribution in [0.4, 0.5) is 5.95 Å². The van der Waals surface area contributed by atoms with Crippen LogP contribution < -0.4 is 9.64 Å². The number of benzene rings is 1. The Bertz CT molecular complexity index is 1210. The van der Waals surface area contributed by atoms with Crippen LogP contribution in [0.15, 0.2) is 46.1 Å². The number of anilines is 1. The molecule has 1 aliphatic rings. The van der Waals surface area contributed by atoms with E-state index in [1.54, 1.807) is 36.7 Å². The van der Waals surface area contributed by atoms with Gasteiger partial charge in [0.05, 0.1) is 17.3 Å². The number of rotatable bonds is 8. The van der Waals surface area contributed by atoms with E-state index in [9.17, 15) is 8.42 Å². The summed E-state index contributed by atoms with van der Waals surface area (Å²) >= 11 is 0. The molecule has 0 radical (unpaired) electrons. The van der Waals surface area contributed by atoms with Crippen LogP contribution >= 0.6 is 0 Å². The predicted octanol–water partition coefficient (Wildman–Crippen LogP) is 4.38. The highest BCUT2D eigenvalue weighted by molar-refractivity contribution is 7.90. The van der Waals surface area contributed by atoms with Gasteiger partial charge in [0.25, 0.3) is 5.95 Å². The van der Waals surface area contributed by atoms with E-state index in [1.807, 2.05) is 13.8 Å². The Hall–Kier alpha value is -3.01. The fourth-order valence-corrected chi connectivity index (χ4v) is 4.89. The Morgan fingerprint density at radius 1 is 1.09 bits per heavy atom. The van der Waals surface area contributed by atoms with Gasteiger partial charge in [0, 0.05) is 31.2 Å². The first-order valence-electron chi connectivity index (χ1n) is 12.0. The van der Waals surface area contributed by atoms with Gasteiger partial charge in [-0.3, -0.25) is 0 Å². The molecule has 3 heterocycles. The normalized spacial score (nSPS) is 17.9. The largest absolute Gasteiger partial charge is 0.486 e. The highest BCUT2D eigenvalue weighted by Crippen LogP contribution is 2.32. The van der Waals surface area contributed by atoms with Gasteiger partial charge in [0.1, 0.15) is 12.4 Å². The molecular formula is C25H33N5O4S. The van der Waals surface area contributed by atoms with Gasteiger partial charge in [-0.05, 0) is 48.0 Å². The first-order valence-corrected chi connectivity index (χ1v) is 13.9. The molecule has 0 saturated carbocycles. The van der Waals surface area contributed by atoms with Gasteiger partial charge in [0.15, 0.2) is 15.6 Å². The van der Waals surface area contributed by atoms with Crippen LogP contribution in [-0.2, 0) is 16.4 Å². The Morgan fingerprint density at radius 2 is 1.80 bits per heavy atom. The van der Waals surface area contributed by atoms with Crippen molar-refractivity contribution in [2.24, 2.45) is 5.92 Å². The number of sulfone groups is 1. The van der Waals surface area contributed by atoms with E-state index in [-0.39, 0.29) is 11.8 Å². The number of hydrogen-bond acceptors (Lipinski definition) is 9. The fourth-order valence-electron chi connectivity index (χ4n) is 4.26. The van der Waals surface area contributed by atoms with Crippen molar-refractivity contribution in [1.29, 1.82) is 0 Å². The average Bonchev–Trinajstić information content (AvgIpc) is 3.21. The van der Waals surface area contributed by atoms with Gasteiger partial charge in [0.2, 0.25) is 5.89 Å². The van der Waals surface area contributed by atoms with Crippen LogP contribution in [0.1, 0.15) is 69.1 Å². The minimum Gasteiger partial charge on any atom is -0.486 e. The summed E-state index contributed by atoms with van der Waals surface area (Å²) in [4.78, 5) is 16.2. The SMILES string of the molecule is CC(C)c1nc(N2CCCC(C(C)c3ncc(OCc4ccc(S(C)(=O)=O)cc4)cn3)CC2)no1. The van der Waals surface area contributed by atoms with Crippen molar-refractivity contribution in [2.75, 3.05) is 24.2 Å². The number of ether oxygens (including phenoxy) is 1. The van der Waals surface area contributed by atoms with Gasteiger partial charge >= 0.3 is 0 Å². The molecule has 0 spiro atoms. The summed E-state index contributed by atoms with van der Waals surface area (Å²) in [6, 6.07) is 6.68. The van der Waals surface area contributed by atoms with Gasteiger partial charge in [-0.15, -0.1) is 0 Å². The van der Waals surface area contributed by atoms with Crippen molar-refractivity contribution < 1.29 is 17.7 Å². The fraction of sp³-hybridized carbons (Fsp3) is 0.520. The lowest BCUT2D eigenvalue weighted by atomic mass is 9.87. The van der Waals surface area contributed by atoms with Crippen molar-refractivity contribution in [2.45, 2.75) is 63.4 Å². The molecule has 2 atom stereocenters. The third kappa shape index (κ3) is 6.36. The van der Waals surface area contributed by atoms with Crippen molar-refractivity contribution in [3.05, 3.63) is 53.9 Å². The molecule has 9 nitrogen and oxygen atoms in total. The molecule has 2 aromatic heterocycles. The standard InChI is InChI=1S/C25H33N5O4S/c1-17(2)24-28-25(29-34-24)30-12-5-6-20(11-13-30)18(3)23-26-14-21(15-27-23)33-16-19-7-9-22(10-8-19)35(4,31)32/h7-10,14-15,17-18,20H,5-6,11-13,16H2,1-4H3. The third-order valence-corrected chi connectivity index (χ3v) is 7.63. The second-order valence-corrected chi connectivity index (χ2v) is 11.6. The zero-order valence-corrected chi connectivity index (χ0v) is 21.5. The average molecular weight is 500 g/mol. The zero-order valence-electron chi connectivity index (χ0n) is 20.7. The maximum atomic E-state index is 11.6. The lowest BCUT2D eigenvalue weighted by Gasteiger charge is -2.22. The first kappa shape index (κ1) is 25.1. The minimum atomic E-state index is -3.20. The molecular weight excluding hydrogens is 466 g/mol. The molecule has 1 aliphatic heterocycles. The summed E-state index contributed by atoms with van der Waals surface area (Å²) in [5.74, 6) is 3.68. The highest BCUT2D eigenvalue weighted by atomic mass is 32.2. The van der Waals surface area contributed by atoms with E-state index in [4.69, 9.17) is 9.26 Å². The Balaban J connectivity index is 1.31. The molecule has 35 heavy (non-hydrogen) atoms. The zero-order chi connectivity index (χ0) is 25.0. The maximum Gasteiger partial charge on any atom is 0.266 e. The van der Waals surface area contributed by atoms with E-state index in [2.05, 4.69) is 31.9 Å². The summed E-state index contributed by atoms with van der Waals surface area (Å²) in [7, 11) is -3.20. The Labute approximate surface area is 206 Å². The second-order valence-electron chi connectivity index (χ2n) is 9.54. The molecule has 3 aromatic rings. The summed E-state index contributed by atoms with van der Waals surface area (Å²) in [6.45, 7) is 8.39. The molecule has 188 valence electrons. The van der Waals surface area contributed by atoms with E-state index >= 15 is 0 Å². The number of nitrogens with zero attached hydrogens (tertiary/aromatic N) is 5. The molecule has 0 amide bonds. The molecule has 2 unspecified atom stereocenters. The molecule has 0 bridgehead atoms. The van der Waals surface area contributed by atoms with Gasteiger partial charge in [-0.1, -0.05) is 32.9 Å². The Morgan fingerprint density at radius 3 is 2.43 bits per heavy atom. The van der Waals surface area contributed by atoms with Crippen molar-refractivity contribution >= 4 is 15.8 Å². The van der Waals surface area contributed by atoms with E-state index in [1.165, 1.54) is 6.26 Å². The lowest BCUT2D eigenvalue weighted by Crippen LogP contribution is -2.25. The number of aromatic nitrogens is 4. The second kappa shape index (κ2) is 10.7. The van der Waals surface area contributed by atoms with Crippen LogP contribution in [0.2, 0.25) is 0 Å². The smallest absolute Gasteiger partial charge is 0.266 e. The summed E-state index contributed by atoms with van der Waals surface area (Å²) in [5, 5.41) is 4.17. The third-order valence-electron chi connectivity index (χ3n) is 6.50. The van der Waals surface area contributed by atoms with E-state index in [0.717, 1.165) is 43.7 Å². The maximum absolute atomic E-state index is 11.6. The van der Waals surface area contributed by atoms with Crippen molar-refractivity contribution in [1.82, 2.24) is 20.1 Å². The molecule has 1 aromatic carbocycles. The molecule has 1 fully saturated rings. The van der Waals surface area contributed by atoms with Crippen molar-refractivity contribution in [3.63, 3.8) is 0 Å². The van der Waals surface area contributed by atoms with E-state index in [0.29, 0.717) is 35.0 Å². The monoisotopic (exact) mass is 499 g/mol. The quantitative estimate of drug-likeness (QED) is 0.446. The van der Waals surface area contributed by atoms with Crippen LogP contribution in [0.3, 0.4) is 0 Å². The molecule has 10 heteroatoms. The highest BCUT2D eigenvalue weighted by Gasteiger charge is 2.26. The summed E-state index contributed by atoms with van der Waals surface area (Å²) < 4.78 is 34.4. The minimum absolute atomic E-state index is 0.223. The van der Waals surface area contributed by atoms with Crippen LogP contribution in [0.5, 0.6) is 5.75 Å².